The molecule has 1 rings (SSSR count). The lowest BCUT2D eigenvalue weighted by Gasteiger charge is -2.16. The lowest BCUT2D eigenvalue weighted by molar-refractivity contribution is 0.301. The van der Waals surface area contributed by atoms with Gasteiger partial charge in [-0.1, -0.05) is 38.8 Å². The molecular weight excluding hydrogens is 228 g/mol. The van der Waals surface area contributed by atoms with E-state index in [0.717, 1.165) is 51.1 Å². The van der Waals surface area contributed by atoms with Crippen molar-refractivity contribution in [2.75, 3.05) is 19.6 Å². The molecule has 1 aromatic heterocycles. The quantitative estimate of drug-likeness (QED) is 0.731. The Morgan fingerprint density at radius 1 is 1.28 bits per heavy atom. The van der Waals surface area contributed by atoms with Gasteiger partial charge >= 0.3 is 0 Å². The van der Waals surface area contributed by atoms with E-state index in [1.54, 1.807) is 0 Å². The lowest BCUT2D eigenvalue weighted by atomic mass is 10.1. The van der Waals surface area contributed by atoms with E-state index in [1.165, 1.54) is 0 Å². The van der Waals surface area contributed by atoms with Gasteiger partial charge in [-0.05, 0) is 19.5 Å². The Kier molecular flexibility index (Phi) is 6.90. The molecule has 0 fully saturated rings. The van der Waals surface area contributed by atoms with Crippen LogP contribution in [0.25, 0.3) is 0 Å². The summed E-state index contributed by atoms with van der Waals surface area (Å²) in [6, 6.07) is -0.111. The van der Waals surface area contributed by atoms with Crippen LogP contribution in [0.5, 0.6) is 0 Å². The number of hydrogen-bond acceptors (Lipinski definition) is 5. The summed E-state index contributed by atoms with van der Waals surface area (Å²) in [6.45, 7) is 9.54. The maximum atomic E-state index is 6.00. The Morgan fingerprint density at radius 3 is 2.61 bits per heavy atom. The minimum Gasteiger partial charge on any atom is -0.338 e. The van der Waals surface area contributed by atoms with Crippen molar-refractivity contribution < 1.29 is 4.52 Å². The van der Waals surface area contributed by atoms with Crippen molar-refractivity contribution in [3.8, 4) is 0 Å². The number of unbranched alkanes of at least 4 members (excludes halogenated alkanes) is 1. The van der Waals surface area contributed by atoms with E-state index in [4.69, 9.17) is 10.3 Å². The van der Waals surface area contributed by atoms with E-state index >= 15 is 0 Å². The first kappa shape index (κ1) is 15.1. The van der Waals surface area contributed by atoms with Crippen LogP contribution in [0, 0.1) is 0 Å². The molecule has 0 aliphatic rings. The Bertz CT molecular complexity index is 323. The van der Waals surface area contributed by atoms with Crippen LogP contribution in [0.1, 0.15) is 57.8 Å². The largest absolute Gasteiger partial charge is 0.338 e. The highest BCUT2D eigenvalue weighted by molar-refractivity contribution is 4.92. The molecule has 0 saturated heterocycles. The van der Waals surface area contributed by atoms with Crippen LogP contribution in [0.3, 0.4) is 0 Å². The summed E-state index contributed by atoms with van der Waals surface area (Å²) in [5.74, 6) is 1.35. The van der Waals surface area contributed by atoms with Crippen LogP contribution in [0.4, 0.5) is 0 Å². The molecule has 0 spiro atoms. The molecule has 1 unspecified atom stereocenters. The minimum atomic E-state index is -0.111. The molecule has 5 nitrogen and oxygen atoms in total. The zero-order valence-corrected chi connectivity index (χ0v) is 11.9. The molecule has 0 radical (unpaired) electrons. The van der Waals surface area contributed by atoms with Crippen LogP contribution in [0.2, 0.25) is 0 Å². The molecule has 1 heterocycles. The Labute approximate surface area is 110 Å². The molecule has 104 valence electrons. The van der Waals surface area contributed by atoms with Gasteiger partial charge in [0.25, 0.3) is 0 Å². The third-order valence-electron chi connectivity index (χ3n) is 3.22. The first-order valence-corrected chi connectivity index (χ1v) is 7.01. The topological polar surface area (TPSA) is 68.2 Å². The van der Waals surface area contributed by atoms with Crippen molar-refractivity contribution in [1.82, 2.24) is 15.0 Å². The van der Waals surface area contributed by atoms with Crippen LogP contribution in [-0.4, -0.2) is 34.7 Å². The van der Waals surface area contributed by atoms with Gasteiger partial charge in [0.1, 0.15) is 0 Å². The van der Waals surface area contributed by atoms with E-state index in [-0.39, 0.29) is 6.04 Å². The van der Waals surface area contributed by atoms with Gasteiger partial charge in [-0.15, -0.1) is 0 Å². The monoisotopic (exact) mass is 254 g/mol. The summed E-state index contributed by atoms with van der Waals surface area (Å²) in [5.41, 5.74) is 6.00. The van der Waals surface area contributed by atoms with Gasteiger partial charge in [-0.3, -0.25) is 0 Å². The lowest BCUT2D eigenvalue weighted by Crippen LogP contribution is -2.25. The normalized spacial score (nSPS) is 13.2. The second kappa shape index (κ2) is 8.21. The highest BCUT2D eigenvalue weighted by Gasteiger charge is 2.14. The second-order valence-corrected chi connectivity index (χ2v) is 4.57. The van der Waals surface area contributed by atoms with Gasteiger partial charge in [-0.2, -0.15) is 4.98 Å². The molecule has 1 atom stereocenters. The number of aromatic nitrogens is 2. The summed E-state index contributed by atoms with van der Waals surface area (Å²) >= 11 is 0. The van der Waals surface area contributed by atoms with Crippen molar-refractivity contribution in [1.29, 1.82) is 0 Å². The highest BCUT2D eigenvalue weighted by Crippen LogP contribution is 2.14. The van der Waals surface area contributed by atoms with Crippen molar-refractivity contribution in [2.45, 2.75) is 52.5 Å². The van der Waals surface area contributed by atoms with Gasteiger partial charge in [0.05, 0.1) is 6.04 Å². The third-order valence-corrected chi connectivity index (χ3v) is 3.22. The Balaban J connectivity index is 2.42. The highest BCUT2D eigenvalue weighted by atomic mass is 16.5. The fraction of sp³-hybridized carbons (Fsp3) is 0.846. The predicted octanol–water partition coefficient (Wildman–Crippen LogP) is 2.14. The number of nitrogens with zero attached hydrogens (tertiary/aromatic N) is 3. The number of hydrogen-bond donors (Lipinski definition) is 1. The van der Waals surface area contributed by atoms with E-state index in [1.807, 2.05) is 0 Å². The fourth-order valence-electron chi connectivity index (χ4n) is 1.87. The van der Waals surface area contributed by atoms with Crippen LogP contribution in [-0.2, 0) is 6.42 Å². The average molecular weight is 254 g/mol. The summed E-state index contributed by atoms with van der Waals surface area (Å²) in [5, 5.41) is 3.99. The molecule has 0 bridgehead atoms. The smallest absolute Gasteiger partial charge is 0.243 e. The van der Waals surface area contributed by atoms with Gasteiger partial charge in [-0.25, -0.2) is 0 Å². The van der Waals surface area contributed by atoms with Crippen molar-refractivity contribution in [3.05, 3.63) is 11.7 Å². The molecular formula is C13H26N4O. The Morgan fingerprint density at radius 2 is 2.00 bits per heavy atom. The second-order valence-electron chi connectivity index (χ2n) is 4.57. The molecule has 0 aliphatic heterocycles. The number of nitrogens with two attached hydrogens (primary N) is 1. The molecule has 0 aromatic carbocycles. The molecule has 0 amide bonds. The summed E-state index contributed by atoms with van der Waals surface area (Å²) in [7, 11) is 0. The summed E-state index contributed by atoms with van der Waals surface area (Å²) < 4.78 is 5.22. The summed E-state index contributed by atoms with van der Waals surface area (Å²) in [6.07, 6.45) is 3.97. The van der Waals surface area contributed by atoms with Crippen LogP contribution in [0.15, 0.2) is 4.52 Å². The van der Waals surface area contributed by atoms with Gasteiger partial charge < -0.3 is 15.2 Å². The minimum absolute atomic E-state index is 0.111. The number of rotatable bonds is 9. The van der Waals surface area contributed by atoms with Gasteiger partial charge in [0.2, 0.25) is 5.89 Å². The molecule has 2 N–H and O–H groups in total. The standard InChI is InChI=1S/C13H26N4O/c1-4-7-8-11(14)13-15-12(16-18-13)9-10-17(5-2)6-3/h11H,4-10,14H2,1-3H3. The molecule has 1 aromatic rings. The van der Waals surface area contributed by atoms with E-state index in [2.05, 4.69) is 35.8 Å². The van der Waals surface area contributed by atoms with Gasteiger partial charge in [0.15, 0.2) is 5.82 Å². The van der Waals surface area contributed by atoms with Crippen LogP contribution < -0.4 is 5.73 Å². The third kappa shape index (κ3) is 4.74. The van der Waals surface area contributed by atoms with E-state index < -0.39 is 0 Å². The Hall–Kier alpha value is -0.940. The van der Waals surface area contributed by atoms with Crippen molar-refractivity contribution in [2.24, 2.45) is 5.73 Å². The van der Waals surface area contributed by atoms with Gasteiger partial charge in [0, 0.05) is 13.0 Å². The van der Waals surface area contributed by atoms with E-state index in [9.17, 15) is 0 Å². The first-order chi connectivity index (χ1) is 8.71. The molecule has 18 heavy (non-hydrogen) atoms. The molecule has 5 heteroatoms. The molecule has 0 saturated carbocycles. The van der Waals surface area contributed by atoms with Crippen molar-refractivity contribution in [3.63, 3.8) is 0 Å². The van der Waals surface area contributed by atoms with E-state index in [0.29, 0.717) is 5.89 Å². The first-order valence-electron chi connectivity index (χ1n) is 7.01. The SMILES string of the molecule is CCCCC(N)c1nc(CCN(CC)CC)no1. The average Bonchev–Trinajstić information content (AvgIpc) is 2.86. The zero-order valence-electron chi connectivity index (χ0n) is 11.9. The van der Waals surface area contributed by atoms with Crippen LogP contribution >= 0.6 is 0 Å². The maximum absolute atomic E-state index is 6.00. The maximum Gasteiger partial charge on any atom is 0.243 e. The fourth-order valence-corrected chi connectivity index (χ4v) is 1.87. The van der Waals surface area contributed by atoms with Crippen molar-refractivity contribution >= 4 is 0 Å². The molecule has 0 aliphatic carbocycles. The summed E-state index contributed by atoms with van der Waals surface area (Å²) in [4.78, 5) is 6.71. The predicted molar refractivity (Wildman–Crippen MR) is 72.2 cm³/mol. The number of likely N-dealkylation sites (N-methyl/N-ethyl adjacent to an activating group) is 1. The zero-order chi connectivity index (χ0) is 13.4.